The van der Waals surface area contributed by atoms with Crippen molar-refractivity contribution in [3.8, 4) is 5.69 Å². The lowest BCUT2D eigenvalue weighted by molar-refractivity contribution is 0.0514. The molecular formula is C13H11F3N2O2. The first-order valence-corrected chi connectivity index (χ1v) is 5.84. The van der Waals surface area contributed by atoms with Gasteiger partial charge in [0, 0.05) is 0 Å². The van der Waals surface area contributed by atoms with E-state index in [9.17, 15) is 18.0 Å². The van der Waals surface area contributed by atoms with E-state index in [1.54, 1.807) is 6.92 Å². The summed E-state index contributed by atoms with van der Waals surface area (Å²) < 4.78 is 45.3. The summed E-state index contributed by atoms with van der Waals surface area (Å²) in [6.07, 6.45) is -2.04. The number of benzene rings is 1. The molecule has 0 radical (unpaired) electrons. The molecule has 0 bridgehead atoms. The largest absolute Gasteiger partial charge is 0.462 e. The zero-order valence-corrected chi connectivity index (χ0v) is 10.5. The lowest BCUT2D eigenvalue weighted by Crippen LogP contribution is -2.11. The van der Waals surface area contributed by atoms with Gasteiger partial charge in [-0.3, -0.25) is 0 Å². The van der Waals surface area contributed by atoms with Gasteiger partial charge in [-0.2, -0.15) is 5.10 Å². The minimum absolute atomic E-state index is 0.0480. The zero-order valence-electron chi connectivity index (χ0n) is 10.5. The van der Waals surface area contributed by atoms with Crippen LogP contribution in [0.25, 0.3) is 5.69 Å². The predicted octanol–water partition coefficient (Wildman–Crippen LogP) is 3.13. The van der Waals surface area contributed by atoms with Crippen LogP contribution in [-0.4, -0.2) is 22.4 Å². The summed E-state index contributed by atoms with van der Waals surface area (Å²) in [6, 6.07) is 5.33. The molecule has 7 heteroatoms. The Morgan fingerprint density at radius 2 is 2.10 bits per heavy atom. The van der Waals surface area contributed by atoms with Gasteiger partial charge in [-0.25, -0.2) is 22.6 Å². The SMILES string of the molecule is CCOC(=O)c1cnn(-c2ccccc2F)c1C(F)F. The van der Waals surface area contributed by atoms with Crippen molar-refractivity contribution >= 4 is 5.97 Å². The van der Waals surface area contributed by atoms with Crippen LogP contribution in [0.4, 0.5) is 13.2 Å². The number of carbonyl (C=O) groups is 1. The van der Waals surface area contributed by atoms with E-state index in [1.807, 2.05) is 0 Å². The van der Waals surface area contributed by atoms with Crippen LogP contribution in [0.5, 0.6) is 0 Å². The van der Waals surface area contributed by atoms with Crippen molar-refractivity contribution < 1.29 is 22.7 Å². The van der Waals surface area contributed by atoms with Gasteiger partial charge in [0.2, 0.25) is 0 Å². The lowest BCUT2D eigenvalue weighted by atomic mass is 10.2. The Morgan fingerprint density at radius 1 is 1.40 bits per heavy atom. The van der Waals surface area contributed by atoms with Gasteiger partial charge in [0.15, 0.2) is 0 Å². The number of nitrogens with zero attached hydrogens (tertiary/aromatic N) is 2. The molecule has 0 unspecified atom stereocenters. The molecule has 1 heterocycles. The van der Waals surface area contributed by atoms with Crippen molar-refractivity contribution in [3.05, 3.63) is 47.5 Å². The van der Waals surface area contributed by atoms with E-state index in [0.717, 1.165) is 12.3 Å². The molecule has 0 N–H and O–H groups in total. The Labute approximate surface area is 112 Å². The molecule has 106 valence electrons. The van der Waals surface area contributed by atoms with Gasteiger partial charge < -0.3 is 4.74 Å². The van der Waals surface area contributed by atoms with Crippen LogP contribution < -0.4 is 0 Å². The first-order chi connectivity index (χ1) is 9.56. The fraction of sp³-hybridized carbons (Fsp3) is 0.231. The third-order valence-electron chi connectivity index (χ3n) is 2.59. The quantitative estimate of drug-likeness (QED) is 0.810. The summed E-state index contributed by atoms with van der Waals surface area (Å²) in [5.41, 5.74) is -1.21. The molecular weight excluding hydrogens is 273 g/mol. The molecule has 0 aliphatic heterocycles. The monoisotopic (exact) mass is 284 g/mol. The third kappa shape index (κ3) is 2.52. The summed E-state index contributed by atoms with van der Waals surface area (Å²) in [6.45, 7) is 1.60. The number of carbonyl (C=O) groups excluding carboxylic acids is 1. The van der Waals surface area contributed by atoms with Crippen molar-refractivity contribution in [2.75, 3.05) is 6.61 Å². The van der Waals surface area contributed by atoms with Crippen molar-refractivity contribution in [3.63, 3.8) is 0 Å². The second kappa shape index (κ2) is 5.77. The number of alkyl halides is 2. The van der Waals surface area contributed by atoms with Crippen LogP contribution in [-0.2, 0) is 4.74 Å². The summed E-state index contributed by atoms with van der Waals surface area (Å²) in [5, 5.41) is 3.67. The zero-order chi connectivity index (χ0) is 14.7. The van der Waals surface area contributed by atoms with Crippen LogP contribution >= 0.6 is 0 Å². The average molecular weight is 284 g/mol. The number of para-hydroxylation sites is 1. The van der Waals surface area contributed by atoms with E-state index in [1.165, 1.54) is 18.2 Å². The predicted molar refractivity (Wildman–Crippen MR) is 64.4 cm³/mol. The Hall–Kier alpha value is -2.31. The number of esters is 1. The van der Waals surface area contributed by atoms with Gasteiger partial charge in [0.05, 0.1) is 12.8 Å². The molecule has 0 spiro atoms. The van der Waals surface area contributed by atoms with E-state index < -0.39 is 23.9 Å². The van der Waals surface area contributed by atoms with E-state index in [-0.39, 0.29) is 17.9 Å². The third-order valence-corrected chi connectivity index (χ3v) is 2.59. The number of ether oxygens (including phenoxy) is 1. The summed E-state index contributed by atoms with van der Waals surface area (Å²) in [5.74, 6) is -1.63. The van der Waals surface area contributed by atoms with Crippen LogP contribution in [0.2, 0.25) is 0 Å². The van der Waals surface area contributed by atoms with Crippen LogP contribution in [0, 0.1) is 5.82 Å². The molecule has 0 atom stereocenters. The Kier molecular flexibility index (Phi) is 4.07. The second-order valence-electron chi connectivity index (χ2n) is 3.83. The highest BCUT2D eigenvalue weighted by Gasteiger charge is 2.27. The standard InChI is InChI=1S/C13H11F3N2O2/c1-2-20-13(19)8-7-17-18(11(8)12(15)16)10-6-4-3-5-9(10)14/h3-7,12H,2H2,1H3. The summed E-state index contributed by atoms with van der Waals surface area (Å²) in [7, 11) is 0. The fourth-order valence-electron chi connectivity index (χ4n) is 1.75. The molecule has 1 aromatic heterocycles. The topological polar surface area (TPSA) is 44.1 Å². The number of rotatable bonds is 4. The number of hydrogen-bond donors (Lipinski definition) is 0. The molecule has 0 aliphatic carbocycles. The molecule has 0 saturated carbocycles. The first kappa shape index (κ1) is 14.1. The molecule has 2 aromatic rings. The highest BCUT2D eigenvalue weighted by Crippen LogP contribution is 2.27. The van der Waals surface area contributed by atoms with E-state index in [0.29, 0.717) is 4.68 Å². The Balaban J connectivity index is 2.56. The molecule has 20 heavy (non-hydrogen) atoms. The van der Waals surface area contributed by atoms with Gasteiger partial charge >= 0.3 is 5.97 Å². The Bertz CT molecular complexity index is 626. The van der Waals surface area contributed by atoms with Crippen LogP contribution in [0.15, 0.2) is 30.5 Å². The van der Waals surface area contributed by atoms with E-state index in [2.05, 4.69) is 9.84 Å². The maximum atomic E-state index is 13.7. The van der Waals surface area contributed by atoms with Crippen LogP contribution in [0.3, 0.4) is 0 Å². The highest BCUT2D eigenvalue weighted by atomic mass is 19.3. The molecule has 4 nitrogen and oxygen atoms in total. The van der Waals surface area contributed by atoms with Crippen molar-refractivity contribution in [1.29, 1.82) is 0 Å². The molecule has 1 aromatic carbocycles. The maximum absolute atomic E-state index is 13.7. The highest BCUT2D eigenvalue weighted by molar-refractivity contribution is 5.90. The normalized spacial score (nSPS) is 10.8. The minimum atomic E-state index is -2.99. The van der Waals surface area contributed by atoms with Gasteiger partial charge in [0.1, 0.15) is 22.8 Å². The number of halogens is 3. The van der Waals surface area contributed by atoms with Gasteiger partial charge in [-0.05, 0) is 19.1 Å². The average Bonchev–Trinajstić information content (AvgIpc) is 2.84. The molecule has 0 aliphatic rings. The van der Waals surface area contributed by atoms with Crippen LogP contribution in [0.1, 0.15) is 29.4 Å². The minimum Gasteiger partial charge on any atom is -0.462 e. The van der Waals surface area contributed by atoms with Gasteiger partial charge in [-0.1, -0.05) is 12.1 Å². The van der Waals surface area contributed by atoms with E-state index in [4.69, 9.17) is 0 Å². The van der Waals surface area contributed by atoms with E-state index >= 15 is 0 Å². The van der Waals surface area contributed by atoms with Gasteiger partial charge in [0.25, 0.3) is 6.43 Å². The van der Waals surface area contributed by atoms with Crippen molar-refractivity contribution in [1.82, 2.24) is 9.78 Å². The lowest BCUT2D eigenvalue weighted by Gasteiger charge is -2.09. The summed E-state index contributed by atoms with van der Waals surface area (Å²) >= 11 is 0. The first-order valence-electron chi connectivity index (χ1n) is 5.84. The molecule has 0 fully saturated rings. The number of hydrogen-bond acceptors (Lipinski definition) is 3. The smallest absolute Gasteiger partial charge is 0.341 e. The fourth-order valence-corrected chi connectivity index (χ4v) is 1.75. The molecule has 0 saturated heterocycles. The second-order valence-corrected chi connectivity index (χ2v) is 3.83. The molecule has 2 rings (SSSR count). The van der Waals surface area contributed by atoms with Gasteiger partial charge in [-0.15, -0.1) is 0 Å². The van der Waals surface area contributed by atoms with Crippen molar-refractivity contribution in [2.24, 2.45) is 0 Å². The Morgan fingerprint density at radius 3 is 2.70 bits per heavy atom. The summed E-state index contributed by atoms with van der Waals surface area (Å²) in [4.78, 5) is 11.6. The van der Waals surface area contributed by atoms with Crippen molar-refractivity contribution in [2.45, 2.75) is 13.3 Å². The maximum Gasteiger partial charge on any atom is 0.341 e. The number of aromatic nitrogens is 2. The molecule has 0 amide bonds.